The van der Waals surface area contributed by atoms with Crippen LogP contribution < -0.4 is 9.47 Å². The molecule has 0 radical (unpaired) electrons. The Labute approximate surface area is 171 Å². The van der Waals surface area contributed by atoms with Crippen molar-refractivity contribution in [3.05, 3.63) is 72.8 Å². The fourth-order valence-corrected chi connectivity index (χ4v) is 3.50. The van der Waals surface area contributed by atoms with Crippen LogP contribution in [0.1, 0.15) is 7.43 Å². The second kappa shape index (κ2) is 9.41. The molecule has 150 valence electrons. The van der Waals surface area contributed by atoms with Crippen LogP contribution in [0.15, 0.2) is 72.8 Å². The van der Waals surface area contributed by atoms with Crippen molar-refractivity contribution < 1.29 is 18.9 Å². The molecule has 29 heavy (non-hydrogen) atoms. The van der Waals surface area contributed by atoms with E-state index in [9.17, 15) is 0 Å². The maximum absolute atomic E-state index is 5.95. The van der Waals surface area contributed by atoms with E-state index in [4.69, 9.17) is 18.9 Å². The molecule has 0 fully saturated rings. The molecule has 4 nitrogen and oxygen atoms in total. The topological polar surface area (TPSA) is 36.9 Å². The zero-order chi connectivity index (χ0) is 19.3. The predicted octanol–water partition coefficient (Wildman–Crippen LogP) is 6.26. The van der Waals surface area contributed by atoms with E-state index in [1.807, 2.05) is 36.4 Å². The van der Waals surface area contributed by atoms with Crippen LogP contribution in [0.3, 0.4) is 0 Å². The van der Waals surface area contributed by atoms with Crippen molar-refractivity contribution >= 4 is 21.5 Å². The first-order valence-corrected chi connectivity index (χ1v) is 9.11. The molecular formula is C25H26O4. The molecule has 0 aromatic heterocycles. The van der Waals surface area contributed by atoms with Crippen molar-refractivity contribution in [3.63, 3.8) is 0 Å². The van der Waals surface area contributed by atoms with Crippen LogP contribution in [0.25, 0.3) is 32.7 Å². The minimum Gasteiger partial charge on any atom is -0.467 e. The molecule has 0 atom stereocenters. The third-order valence-corrected chi connectivity index (χ3v) is 4.70. The van der Waals surface area contributed by atoms with Gasteiger partial charge in [0.25, 0.3) is 0 Å². The zero-order valence-corrected chi connectivity index (χ0v) is 16.0. The quantitative estimate of drug-likeness (QED) is 0.349. The minimum atomic E-state index is 0. The number of hydrogen-bond donors (Lipinski definition) is 0. The third kappa shape index (κ3) is 4.04. The summed E-state index contributed by atoms with van der Waals surface area (Å²) >= 11 is 0. The molecule has 0 bridgehead atoms. The smallest absolute Gasteiger partial charge is 0.188 e. The summed E-state index contributed by atoms with van der Waals surface area (Å²) in [5, 5.41) is 4.45. The molecule has 4 aromatic carbocycles. The highest BCUT2D eigenvalue weighted by Gasteiger charge is 2.19. The molecule has 0 amide bonds. The van der Waals surface area contributed by atoms with E-state index >= 15 is 0 Å². The molecule has 0 heterocycles. The fraction of sp³-hybridized carbons (Fsp3) is 0.200. The van der Waals surface area contributed by atoms with Crippen LogP contribution in [0.2, 0.25) is 0 Å². The Kier molecular flexibility index (Phi) is 6.70. The Morgan fingerprint density at radius 3 is 1.38 bits per heavy atom. The van der Waals surface area contributed by atoms with Crippen LogP contribution in [-0.2, 0) is 9.47 Å². The summed E-state index contributed by atoms with van der Waals surface area (Å²) in [6, 6.07) is 24.6. The van der Waals surface area contributed by atoms with Crippen LogP contribution in [0.5, 0.6) is 11.5 Å². The van der Waals surface area contributed by atoms with Gasteiger partial charge in [-0.3, -0.25) is 0 Å². The summed E-state index contributed by atoms with van der Waals surface area (Å²) in [5.74, 6) is 1.50. The Balaban J connectivity index is 0.00000240. The first-order chi connectivity index (χ1) is 13.8. The summed E-state index contributed by atoms with van der Waals surface area (Å²) in [4.78, 5) is 0. The van der Waals surface area contributed by atoms with Crippen molar-refractivity contribution in [2.24, 2.45) is 0 Å². The van der Waals surface area contributed by atoms with E-state index in [1.165, 1.54) is 0 Å². The van der Waals surface area contributed by atoms with Crippen LogP contribution in [0, 0.1) is 0 Å². The van der Waals surface area contributed by atoms with E-state index in [0.717, 1.165) is 44.2 Å². The van der Waals surface area contributed by atoms with Gasteiger partial charge in [0, 0.05) is 25.3 Å². The van der Waals surface area contributed by atoms with Crippen molar-refractivity contribution in [1.82, 2.24) is 0 Å². The third-order valence-electron chi connectivity index (χ3n) is 4.70. The second-order valence-corrected chi connectivity index (χ2v) is 6.42. The fourth-order valence-electron chi connectivity index (χ4n) is 3.50. The van der Waals surface area contributed by atoms with Gasteiger partial charge in [-0.25, -0.2) is 0 Å². The summed E-state index contributed by atoms with van der Waals surface area (Å²) < 4.78 is 22.2. The molecule has 0 aliphatic carbocycles. The largest absolute Gasteiger partial charge is 0.467 e. The molecule has 0 spiro atoms. The van der Waals surface area contributed by atoms with Crippen LogP contribution in [-0.4, -0.2) is 27.8 Å². The molecule has 0 saturated carbocycles. The highest BCUT2D eigenvalue weighted by Crippen LogP contribution is 2.45. The molecule has 4 rings (SSSR count). The summed E-state index contributed by atoms with van der Waals surface area (Å²) in [6.45, 7) is 0.342. The van der Waals surface area contributed by atoms with Gasteiger partial charge in [-0.2, -0.15) is 0 Å². The van der Waals surface area contributed by atoms with Gasteiger partial charge >= 0.3 is 0 Å². The molecule has 0 unspecified atom stereocenters. The van der Waals surface area contributed by atoms with Crippen molar-refractivity contribution in [3.8, 4) is 22.6 Å². The highest BCUT2D eigenvalue weighted by atomic mass is 16.7. The van der Waals surface area contributed by atoms with Gasteiger partial charge in [-0.15, -0.1) is 0 Å². The van der Waals surface area contributed by atoms with Gasteiger partial charge < -0.3 is 18.9 Å². The SMILES string of the molecule is C.COCOc1ccc2ccccc2c1-c1c(OCOC)ccc2ccccc12. The van der Waals surface area contributed by atoms with E-state index in [2.05, 4.69) is 36.4 Å². The lowest BCUT2D eigenvalue weighted by atomic mass is 9.92. The summed E-state index contributed by atoms with van der Waals surface area (Å²) in [6.07, 6.45) is 0. The highest BCUT2D eigenvalue weighted by molar-refractivity contribution is 6.09. The average molecular weight is 390 g/mol. The standard InChI is InChI=1S/C24H22O4.CH4/c1-25-15-27-21-13-11-17-7-3-5-9-19(17)23(21)24-20-10-6-4-8-18(20)12-14-22(24)28-16-26-2;/h3-14H,15-16H2,1-2H3;1H4. The Morgan fingerprint density at radius 1 is 0.552 bits per heavy atom. The van der Waals surface area contributed by atoms with Crippen molar-refractivity contribution in [2.45, 2.75) is 7.43 Å². The molecule has 0 aliphatic heterocycles. The number of ether oxygens (including phenoxy) is 4. The molecule has 0 saturated heterocycles. The lowest BCUT2D eigenvalue weighted by Crippen LogP contribution is -2.03. The average Bonchev–Trinajstić information content (AvgIpc) is 2.75. The lowest BCUT2D eigenvalue weighted by Gasteiger charge is -2.19. The van der Waals surface area contributed by atoms with Crippen molar-refractivity contribution in [2.75, 3.05) is 27.8 Å². The van der Waals surface area contributed by atoms with Crippen molar-refractivity contribution in [1.29, 1.82) is 0 Å². The number of benzene rings is 4. The zero-order valence-electron chi connectivity index (χ0n) is 16.0. The maximum atomic E-state index is 5.95. The Bertz CT molecular complexity index is 1020. The van der Waals surface area contributed by atoms with Crippen LogP contribution >= 0.6 is 0 Å². The minimum absolute atomic E-state index is 0. The lowest BCUT2D eigenvalue weighted by molar-refractivity contribution is 0.0502. The second-order valence-electron chi connectivity index (χ2n) is 6.42. The van der Waals surface area contributed by atoms with Gasteiger partial charge in [0.05, 0.1) is 0 Å². The first-order valence-electron chi connectivity index (χ1n) is 9.11. The Hall–Kier alpha value is -3.08. The maximum Gasteiger partial charge on any atom is 0.188 e. The van der Waals surface area contributed by atoms with Gasteiger partial charge in [-0.05, 0) is 33.7 Å². The van der Waals surface area contributed by atoms with Gasteiger partial charge in [0.15, 0.2) is 13.6 Å². The number of rotatable bonds is 7. The predicted molar refractivity (Wildman–Crippen MR) is 119 cm³/mol. The Morgan fingerprint density at radius 2 is 0.966 bits per heavy atom. The van der Waals surface area contributed by atoms with E-state index < -0.39 is 0 Å². The molecule has 0 N–H and O–H groups in total. The normalized spacial score (nSPS) is 10.7. The summed E-state index contributed by atoms with van der Waals surface area (Å²) in [5.41, 5.74) is 1.97. The summed E-state index contributed by atoms with van der Waals surface area (Å²) in [7, 11) is 3.23. The van der Waals surface area contributed by atoms with E-state index in [0.29, 0.717) is 0 Å². The first kappa shape index (κ1) is 20.6. The van der Waals surface area contributed by atoms with Crippen LogP contribution in [0.4, 0.5) is 0 Å². The molecule has 4 aromatic rings. The number of fused-ring (bicyclic) bond motifs is 2. The molecule has 0 aliphatic rings. The van der Waals surface area contributed by atoms with E-state index in [-0.39, 0.29) is 21.0 Å². The van der Waals surface area contributed by atoms with Gasteiger partial charge in [-0.1, -0.05) is 68.1 Å². The van der Waals surface area contributed by atoms with Gasteiger partial charge in [0.2, 0.25) is 0 Å². The number of hydrogen-bond acceptors (Lipinski definition) is 4. The monoisotopic (exact) mass is 390 g/mol. The van der Waals surface area contributed by atoms with E-state index in [1.54, 1.807) is 14.2 Å². The number of methoxy groups -OCH3 is 2. The van der Waals surface area contributed by atoms with Gasteiger partial charge in [0.1, 0.15) is 11.5 Å². The molecule has 4 heteroatoms. The molecular weight excluding hydrogens is 364 g/mol.